The van der Waals surface area contributed by atoms with Crippen molar-refractivity contribution >= 4 is 7.12 Å². The Morgan fingerprint density at radius 1 is 0.870 bits per heavy atom. The third-order valence-corrected chi connectivity index (χ3v) is 6.80. The normalized spacial score (nSPS) is 36.5. The zero-order valence-electron chi connectivity index (χ0n) is 15.5. The maximum Gasteiger partial charge on any atom is 0.464 e. The second-order valence-electron chi connectivity index (χ2n) is 9.65. The molecule has 1 aromatic carbocycles. The first-order valence-electron chi connectivity index (χ1n) is 8.98. The fraction of sp³-hybridized carbons (Fsp3) is 0.700. The molecule has 0 radical (unpaired) electrons. The average molecular weight is 312 g/mol. The Morgan fingerprint density at radius 2 is 1.35 bits per heavy atom. The lowest BCUT2D eigenvalue weighted by Crippen LogP contribution is -2.64. The molecule has 3 saturated carbocycles. The summed E-state index contributed by atoms with van der Waals surface area (Å²) in [5.41, 5.74) is 4.38. The van der Waals surface area contributed by atoms with Crippen molar-refractivity contribution in [2.45, 2.75) is 83.7 Å². The molecule has 0 N–H and O–H groups in total. The minimum Gasteiger partial charge on any atom is -0.403 e. The largest absolute Gasteiger partial charge is 0.464 e. The van der Waals surface area contributed by atoms with E-state index in [1.165, 1.54) is 42.4 Å². The third kappa shape index (κ3) is 2.23. The van der Waals surface area contributed by atoms with Gasteiger partial charge in [0, 0.05) is 5.31 Å². The van der Waals surface area contributed by atoms with Gasteiger partial charge in [0.2, 0.25) is 0 Å². The van der Waals surface area contributed by atoms with Crippen LogP contribution in [0.1, 0.15) is 63.6 Å². The number of aryl methyl sites for hydroxylation is 2. The lowest BCUT2D eigenvalue weighted by Gasteiger charge is -2.71. The van der Waals surface area contributed by atoms with E-state index in [4.69, 9.17) is 9.31 Å². The van der Waals surface area contributed by atoms with Gasteiger partial charge in [-0.15, -0.1) is 0 Å². The lowest BCUT2D eigenvalue weighted by molar-refractivity contribution is -0.109. The molecule has 1 aromatic rings. The van der Waals surface area contributed by atoms with Gasteiger partial charge in [0.25, 0.3) is 0 Å². The van der Waals surface area contributed by atoms with Crippen LogP contribution < -0.4 is 0 Å². The van der Waals surface area contributed by atoms with Crippen LogP contribution in [0.2, 0.25) is 5.31 Å². The molecule has 1 aliphatic heterocycles. The van der Waals surface area contributed by atoms with Crippen LogP contribution >= 0.6 is 0 Å². The molecule has 2 nitrogen and oxygen atoms in total. The van der Waals surface area contributed by atoms with Gasteiger partial charge in [-0.05, 0) is 78.2 Å². The van der Waals surface area contributed by atoms with E-state index in [0.717, 1.165) is 0 Å². The second kappa shape index (κ2) is 4.43. The van der Waals surface area contributed by atoms with E-state index >= 15 is 0 Å². The molecular formula is C20H29BO2. The van der Waals surface area contributed by atoms with Crippen LogP contribution in [0.4, 0.5) is 0 Å². The fourth-order valence-electron chi connectivity index (χ4n) is 5.22. The number of benzene rings is 1. The predicted molar refractivity (Wildman–Crippen MR) is 94.7 cm³/mol. The second-order valence-corrected chi connectivity index (χ2v) is 9.65. The zero-order valence-corrected chi connectivity index (χ0v) is 15.5. The van der Waals surface area contributed by atoms with Crippen molar-refractivity contribution in [1.29, 1.82) is 0 Å². The molecule has 0 amide bonds. The summed E-state index contributed by atoms with van der Waals surface area (Å²) in [4.78, 5) is 0. The van der Waals surface area contributed by atoms with Gasteiger partial charge in [0.15, 0.2) is 0 Å². The fourth-order valence-corrected chi connectivity index (χ4v) is 5.22. The van der Waals surface area contributed by atoms with Gasteiger partial charge in [-0.3, -0.25) is 0 Å². The van der Waals surface area contributed by atoms with Crippen molar-refractivity contribution in [3.63, 3.8) is 0 Å². The highest BCUT2D eigenvalue weighted by Gasteiger charge is 2.76. The van der Waals surface area contributed by atoms with Gasteiger partial charge in [0.1, 0.15) is 0 Å². The third-order valence-electron chi connectivity index (χ3n) is 6.80. The van der Waals surface area contributed by atoms with Gasteiger partial charge in [-0.1, -0.05) is 29.3 Å². The van der Waals surface area contributed by atoms with Gasteiger partial charge < -0.3 is 9.31 Å². The Kier molecular flexibility index (Phi) is 3.03. The Bertz CT molecular complexity index is 606. The first kappa shape index (κ1) is 15.7. The molecule has 2 bridgehead atoms. The number of rotatable bonds is 3. The Balaban J connectivity index is 1.43. The monoisotopic (exact) mass is 312 g/mol. The molecule has 124 valence electrons. The molecule has 3 aliphatic carbocycles. The standard InChI is InChI=1S/C20H29BO2/c1-14-7-15(2)9-16(8-14)10-19-11-20(12-19,13-19)21-22-17(3,4)18(5,6)23-21/h7-9H,10-13H2,1-6H3. The van der Waals surface area contributed by atoms with Crippen LogP contribution in [0, 0.1) is 19.3 Å². The van der Waals surface area contributed by atoms with Crippen LogP contribution in [0.15, 0.2) is 18.2 Å². The van der Waals surface area contributed by atoms with Crippen molar-refractivity contribution in [2.24, 2.45) is 5.41 Å². The number of hydrogen-bond acceptors (Lipinski definition) is 2. The molecule has 1 heterocycles. The molecule has 23 heavy (non-hydrogen) atoms. The molecule has 0 atom stereocenters. The van der Waals surface area contributed by atoms with E-state index in [1.807, 2.05) is 0 Å². The van der Waals surface area contributed by atoms with Gasteiger partial charge in [-0.2, -0.15) is 0 Å². The quantitative estimate of drug-likeness (QED) is 0.742. The van der Waals surface area contributed by atoms with Crippen LogP contribution in [0.5, 0.6) is 0 Å². The Hall–Kier alpha value is -0.795. The van der Waals surface area contributed by atoms with Crippen molar-refractivity contribution in [3.05, 3.63) is 34.9 Å². The van der Waals surface area contributed by atoms with Crippen LogP contribution in [0.3, 0.4) is 0 Å². The first-order valence-corrected chi connectivity index (χ1v) is 8.98. The van der Waals surface area contributed by atoms with Crippen LogP contribution in [-0.4, -0.2) is 18.3 Å². The minimum absolute atomic E-state index is 0.00591. The molecule has 5 rings (SSSR count). The topological polar surface area (TPSA) is 18.5 Å². The van der Waals surface area contributed by atoms with Crippen molar-refractivity contribution in [2.75, 3.05) is 0 Å². The van der Waals surface area contributed by atoms with Gasteiger partial charge in [0.05, 0.1) is 11.2 Å². The summed E-state index contributed by atoms with van der Waals surface area (Å²) < 4.78 is 12.6. The van der Waals surface area contributed by atoms with Crippen molar-refractivity contribution < 1.29 is 9.31 Å². The molecule has 0 aromatic heterocycles. The summed E-state index contributed by atoms with van der Waals surface area (Å²) in [5.74, 6) is 0. The maximum absolute atomic E-state index is 6.32. The van der Waals surface area contributed by atoms with E-state index in [2.05, 4.69) is 59.7 Å². The SMILES string of the molecule is Cc1cc(C)cc(CC23CC(B4OC(C)(C)C(C)(C)O4)(C2)C3)c1. The molecule has 1 saturated heterocycles. The summed E-state index contributed by atoms with van der Waals surface area (Å²) in [6.07, 6.45) is 5.02. The summed E-state index contributed by atoms with van der Waals surface area (Å²) in [6.45, 7) is 13.0. The summed E-state index contributed by atoms with van der Waals surface area (Å²) in [6, 6.07) is 6.97. The first-order chi connectivity index (χ1) is 10.5. The van der Waals surface area contributed by atoms with E-state index in [9.17, 15) is 0 Å². The summed E-state index contributed by atoms with van der Waals surface area (Å²) in [5, 5.41) is 0.296. The molecular weight excluding hydrogens is 283 g/mol. The van der Waals surface area contributed by atoms with E-state index in [1.54, 1.807) is 0 Å². The highest BCUT2D eigenvalue weighted by atomic mass is 16.7. The molecule has 4 aliphatic rings. The predicted octanol–water partition coefficient (Wildman–Crippen LogP) is 4.86. The van der Waals surface area contributed by atoms with E-state index < -0.39 is 0 Å². The maximum atomic E-state index is 6.32. The highest BCUT2D eigenvalue weighted by molar-refractivity contribution is 6.51. The van der Waals surface area contributed by atoms with Crippen molar-refractivity contribution in [3.8, 4) is 0 Å². The van der Waals surface area contributed by atoms with E-state index in [-0.39, 0.29) is 18.3 Å². The van der Waals surface area contributed by atoms with Gasteiger partial charge in [-0.25, -0.2) is 0 Å². The smallest absolute Gasteiger partial charge is 0.403 e. The molecule has 3 heteroatoms. The molecule has 4 fully saturated rings. The Labute approximate surface area is 141 Å². The Morgan fingerprint density at radius 3 is 1.83 bits per heavy atom. The number of hydrogen-bond donors (Lipinski definition) is 0. The molecule has 0 unspecified atom stereocenters. The minimum atomic E-state index is -0.200. The van der Waals surface area contributed by atoms with E-state index in [0.29, 0.717) is 10.7 Å². The lowest BCUT2D eigenvalue weighted by atomic mass is 9.23. The summed E-state index contributed by atoms with van der Waals surface area (Å²) in [7, 11) is -0.00591. The van der Waals surface area contributed by atoms with Crippen molar-refractivity contribution in [1.82, 2.24) is 0 Å². The zero-order chi connectivity index (χ0) is 16.7. The average Bonchev–Trinajstić information content (AvgIpc) is 2.49. The molecule has 0 spiro atoms. The summed E-state index contributed by atoms with van der Waals surface area (Å²) >= 11 is 0. The van der Waals surface area contributed by atoms with Crippen LogP contribution in [-0.2, 0) is 15.7 Å². The van der Waals surface area contributed by atoms with Crippen LogP contribution in [0.25, 0.3) is 0 Å². The highest BCUT2D eigenvalue weighted by Crippen LogP contribution is 2.81. The van der Waals surface area contributed by atoms with Gasteiger partial charge >= 0.3 is 7.12 Å².